The van der Waals surface area contributed by atoms with E-state index in [0.29, 0.717) is 5.75 Å². The van der Waals surface area contributed by atoms with Gasteiger partial charge in [0.25, 0.3) is 0 Å². The van der Waals surface area contributed by atoms with Crippen molar-refractivity contribution in [3.05, 3.63) is 71.6 Å². The van der Waals surface area contributed by atoms with Crippen LogP contribution < -0.4 is 10.1 Å². The summed E-state index contributed by atoms with van der Waals surface area (Å²) in [5.41, 5.74) is 0.911. The Morgan fingerprint density at radius 1 is 1.28 bits per heavy atom. The van der Waals surface area contributed by atoms with Crippen LogP contribution in [0.3, 0.4) is 0 Å². The van der Waals surface area contributed by atoms with Gasteiger partial charge in [0.15, 0.2) is 6.61 Å². The lowest BCUT2D eigenvalue weighted by Crippen LogP contribution is -2.27. The Labute approximate surface area is 145 Å². The standard InChI is InChI=1S/C19H17FN2O3/c20-17-4-2-1-3-16(17)18(23)13-22-19(24)10-7-14-5-8-15(9-6-14)25-12-11-21/h1-10,18,23H,12-13H2,(H,22,24)/b10-7+. The number of halogens is 1. The number of aliphatic hydroxyl groups excluding tert-OH is 1. The summed E-state index contributed by atoms with van der Waals surface area (Å²) in [5.74, 6) is -0.352. The lowest BCUT2D eigenvalue weighted by molar-refractivity contribution is -0.116. The first kappa shape index (κ1) is 18.2. The highest BCUT2D eigenvalue weighted by Crippen LogP contribution is 2.16. The minimum Gasteiger partial charge on any atom is -0.479 e. The number of benzene rings is 2. The van der Waals surface area contributed by atoms with Crippen molar-refractivity contribution in [2.45, 2.75) is 6.10 Å². The van der Waals surface area contributed by atoms with Crippen LogP contribution >= 0.6 is 0 Å². The van der Waals surface area contributed by atoms with Crippen LogP contribution in [0.5, 0.6) is 5.75 Å². The Morgan fingerprint density at radius 2 is 2.00 bits per heavy atom. The molecule has 0 bridgehead atoms. The summed E-state index contributed by atoms with van der Waals surface area (Å²) in [7, 11) is 0. The first-order valence-electron chi connectivity index (χ1n) is 7.58. The molecule has 0 spiro atoms. The van der Waals surface area contributed by atoms with Crippen LogP contribution in [0.2, 0.25) is 0 Å². The van der Waals surface area contributed by atoms with Crippen LogP contribution in [0.15, 0.2) is 54.6 Å². The summed E-state index contributed by atoms with van der Waals surface area (Å²) in [6.07, 6.45) is 1.80. The maximum absolute atomic E-state index is 13.5. The van der Waals surface area contributed by atoms with Crippen molar-refractivity contribution >= 4 is 12.0 Å². The number of ether oxygens (including phenoxy) is 1. The van der Waals surface area contributed by atoms with Crippen molar-refractivity contribution in [2.24, 2.45) is 0 Å². The van der Waals surface area contributed by atoms with E-state index in [-0.39, 0.29) is 18.7 Å². The van der Waals surface area contributed by atoms with Crippen LogP contribution in [0, 0.1) is 17.1 Å². The number of carbonyl (C=O) groups excluding carboxylic acids is 1. The zero-order chi connectivity index (χ0) is 18.1. The fourth-order valence-corrected chi connectivity index (χ4v) is 2.07. The molecule has 128 valence electrons. The van der Waals surface area contributed by atoms with Gasteiger partial charge in [-0.3, -0.25) is 4.79 Å². The third-order valence-electron chi connectivity index (χ3n) is 3.34. The van der Waals surface area contributed by atoms with Gasteiger partial charge in [0.05, 0.1) is 6.10 Å². The van der Waals surface area contributed by atoms with Crippen molar-refractivity contribution in [2.75, 3.05) is 13.2 Å². The smallest absolute Gasteiger partial charge is 0.244 e. The van der Waals surface area contributed by atoms with Crippen LogP contribution in [0.4, 0.5) is 4.39 Å². The van der Waals surface area contributed by atoms with Gasteiger partial charge in [0.1, 0.15) is 17.6 Å². The number of aliphatic hydroxyl groups is 1. The van der Waals surface area contributed by atoms with E-state index in [1.54, 1.807) is 36.4 Å². The van der Waals surface area contributed by atoms with Gasteiger partial charge in [-0.2, -0.15) is 5.26 Å². The van der Waals surface area contributed by atoms with Gasteiger partial charge < -0.3 is 15.2 Å². The van der Waals surface area contributed by atoms with Crippen molar-refractivity contribution < 1.29 is 19.0 Å². The largest absolute Gasteiger partial charge is 0.479 e. The van der Waals surface area contributed by atoms with Crippen LogP contribution in [0.1, 0.15) is 17.2 Å². The molecule has 0 heterocycles. The fraction of sp³-hybridized carbons (Fsp3) is 0.158. The summed E-state index contributed by atoms with van der Waals surface area (Å²) in [6.45, 7) is -0.118. The van der Waals surface area contributed by atoms with Gasteiger partial charge in [-0.25, -0.2) is 4.39 Å². The third kappa shape index (κ3) is 5.75. The van der Waals surface area contributed by atoms with Gasteiger partial charge >= 0.3 is 0 Å². The summed E-state index contributed by atoms with van der Waals surface area (Å²) in [5, 5.41) is 20.9. The molecule has 0 aliphatic heterocycles. The number of nitrogens with one attached hydrogen (secondary N) is 1. The normalized spacial score (nSPS) is 11.7. The van der Waals surface area contributed by atoms with Gasteiger partial charge in [-0.15, -0.1) is 0 Å². The Morgan fingerprint density at radius 3 is 2.68 bits per heavy atom. The maximum Gasteiger partial charge on any atom is 0.244 e. The molecule has 1 unspecified atom stereocenters. The van der Waals surface area contributed by atoms with Crippen molar-refractivity contribution in [1.29, 1.82) is 5.26 Å². The minimum atomic E-state index is -1.12. The molecule has 0 fully saturated rings. The summed E-state index contributed by atoms with van der Waals surface area (Å²) in [4.78, 5) is 11.8. The molecular formula is C19H17FN2O3. The molecule has 2 aromatic rings. The number of carbonyl (C=O) groups is 1. The first-order valence-corrected chi connectivity index (χ1v) is 7.58. The molecule has 0 radical (unpaired) electrons. The SMILES string of the molecule is N#CCOc1ccc(/C=C/C(=O)NCC(O)c2ccccc2F)cc1. The minimum absolute atomic E-state index is 0.0259. The van der Waals surface area contributed by atoms with Crippen molar-refractivity contribution in [1.82, 2.24) is 5.32 Å². The lowest BCUT2D eigenvalue weighted by Gasteiger charge is -2.12. The Kier molecular flexibility index (Phi) is 6.69. The van der Waals surface area contributed by atoms with E-state index in [1.165, 1.54) is 24.3 Å². The lowest BCUT2D eigenvalue weighted by atomic mass is 10.1. The molecule has 0 saturated carbocycles. The van der Waals surface area contributed by atoms with Gasteiger partial charge in [-0.1, -0.05) is 30.3 Å². The molecule has 2 rings (SSSR count). The second kappa shape index (κ2) is 9.21. The second-order valence-corrected chi connectivity index (χ2v) is 5.13. The molecule has 6 heteroatoms. The van der Waals surface area contributed by atoms with E-state index < -0.39 is 17.8 Å². The monoisotopic (exact) mass is 340 g/mol. The van der Waals surface area contributed by atoms with Crippen molar-refractivity contribution in [3.8, 4) is 11.8 Å². The Hall–Kier alpha value is -3.17. The average Bonchev–Trinajstić information content (AvgIpc) is 2.64. The predicted octanol–water partition coefficient (Wildman–Crippen LogP) is 2.59. The highest BCUT2D eigenvalue weighted by atomic mass is 19.1. The number of nitriles is 1. The Balaban J connectivity index is 1.84. The molecule has 0 saturated heterocycles. The molecule has 1 atom stereocenters. The van der Waals surface area contributed by atoms with E-state index in [4.69, 9.17) is 10.00 Å². The number of amides is 1. The van der Waals surface area contributed by atoms with Crippen LogP contribution in [-0.2, 0) is 4.79 Å². The molecule has 1 amide bonds. The molecule has 2 aromatic carbocycles. The van der Waals surface area contributed by atoms with Gasteiger partial charge in [0, 0.05) is 18.2 Å². The molecular weight excluding hydrogens is 323 g/mol. The average molecular weight is 340 g/mol. The highest BCUT2D eigenvalue weighted by molar-refractivity contribution is 5.91. The van der Waals surface area contributed by atoms with Gasteiger partial charge in [-0.05, 0) is 29.8 Å². The Bertz CT molecular complexity index is 782. The molecule has 25 heavy (non-hydrogen) atoms. The van der Waals surface area contributed by atoms with Crippen LogP contribution in [-0.4, -0.2) is 24.2 Å². The number of nitrogens with zero attached hydrogens (tertiary/aromatic N) is 1. The summed E-state index contributed by atoms with van der Waals surface area (Å²) < 4.78 is 18.7. The molecule has 0 aromatic heterocycles. The zero-order valence-corrected chi connectivity index (χ0v) is 13.4. The van der Waals surface area contributed by atoms with E-state index >= 15 is 0 Å². The maximum atomic E-state index is 13.5. The number of hydrogen-bond acceptors (Lipinski definition) is 4. The summed E-state index contributed by atoms with van der Waals surface area (Å²) >= 11 is 0. The fourth-order valence-electron chi connectivity index (χ4n) is 2.07. The van der Waals surface area contributed by atoms with E-state index in [9.17, 15) is 14.3 Å². The third-order valence-corrected chi connectivity index (χ3v) is 3.34. The summed E-state index contributed by atoms with van der Waals surface area (Å²) in [6, 6.07) is 14.6. The van der Waals surface area contributed by atoms with E-state index in [2.05, 4.69) is 5.32 Å². The molecule has 2 N–H and O–H groups in total. The predicted molar refractivity (Wildman–Crippen MR) is 91.0 cm³/mol. The quantitative estimate of drug-likeness (QED) is 0.759. The number of hydrogen-bond donors (Lipinski definition) is 2. The zero-order valence-electron chi connectivity index (χ0n) is 13.4. The van der Waals surface area contributed by atoms with E-state index in [0.717, 1.165) is 5.56 Å². The topological polar surface area (TPSA) is 82.3 Å². The van der Waals surface area contributed by atoms with Gasteiger partial charge in [0.2, 0.25) is 5.91 Å². The first-order chi connectivity index (χ1) is 12.1. The van der Waals surface area contributed by atoms with E-state index in [1.807, 2.05) is 6.07 Å². The molecule has 0 aliphatic carbocycles. The molecule has 5 nitrogen and oxygen atoms in total. The molecule has 0 aliphatic rings. The highest BCUT2D eigenvalue weighted by Gasteiger charge is 2.12. The van der Waals surface area contributed by atoms with Crippen molar-refractivity contribution in [3.63, 3.8) is 0 Å². The second-order valence-electron chi connectivity index (χ2n) is 5.13. The number of rotatable bonds is 7. The van der Waals surface area contributed by atoms with Crippen LogP contribution in [0.25, 0.3) is 6.08 Å².